The fraction of sp³-hybridized carbons (Fsp3) is 0.318. The molecule has 0 atom stereocenters. The largest absolute Gasteiger partial charge is 0.497 e. The van der Waals surface area contributed by atoms with Gasteiger partial charge in [0.05, 0.1) is 18.5 Å². The molecule has 1 N–H and O–H groups in total. The summed E-state index contributed by atoms with van der Waals surface area (Å²) in [4.78, 5) is 0. The van der Waals surface area contributed by atoms with E-state index in [2.05, 4.69) is 54.2 Å². The zero-order valence-corrected chi connectivity index (χ0v) is 15.7. The number of anilines is 1. The minimum absolute atomic E-state index is 0.860. The fourth-order valence-corrected chi connectivity index (χ4v) is 3.63. The van der Waals surface area contributed by atoms with Crippen molar-refractivity contribution in [3.63, 3.8) is 0 Å². The lowest BCUT2D eigenvalue weighted by molar-refractivity contribution is 0.415. The quantitative estimate of drug-likeness (QED) is 0.731. The van der Waals surface area contributed by atoms with Crippen molar-refractivity contribution in [2.24, 2.45) is 0 Å². The van der Waals surface area contributed by atoms with Gasteiger partial charge in [-0.3, -0.25) is 0 Å². The van der Waals surface area contributed by atoms with E-state index >= 15 is 0 Å². The topological polar surface area (TPSA) is 39.1 Å². The standard InChI is InChI=1S/C22H25N3O/c1-15-10-11-16(2)20(13-15)25-22-19(9-4-5-12-23-22)21(24-25)17-7-6-8-18(14-17)26-3/h6-8,10-11,13-14,23H,4-5,9,12H2,1-3H3. The van der Waals surface area contributed by atoms with Crippen LogP contribution in [-0.2, 0) is 6.42 Å². The summed E-state index contributed by atoms with van der Waals surface area (Å²) in [7, 11) is 1.70. The molecule has 4 heteroatoms. The number of nitrogens with one attached hydrogen (secondary N) is 1. The summed E-state index contributed by atoms with van der Waals surface area (Å²) in [6, 6.07) is 14.7. The summed E-state index contributed by atoms with van der Waals surface area (Å²) in [5.74, 6) is 1.99. The van der Waals surface area contributed by atoms with Crippen LogP contribution in [0, 0.1) is 13.8 Å². The van der Waals surface area contributed by atoms with Crippen LogP contribution < -0.4 is 10.1 Å². The molecule has 1 aliphatic rings. The SMILES string of the molecule is COc1cccc(-c2nn(-c3cc(C)ccc3C)c3c2CCCCN3)c1. The van der Waals surface area contributed by atoms with Gasteiger partial charge < -0.3 is 10.1 Å². The Labute approximate surface area is 154 Å². The molecule has 0 unspecified atom stereocenters. The van der Waals surface area contributed by atoms with Gasteiger partial charge in [0, 0.05) is 17.7 Å². The highest BCUT2D eigenvalue weighted by atomic mass is 16.5. The third-order valence-electron chi connectivity index (χ3n) is 5.07. The van der Waals surface area contributed by atoms with Crippen molar-refractivity contribution in [3.8, 4) is 22.7 Å². The van der Waals surface area contributed by atoms with Crippen LogP contribution in [0.15, 0.2) is 42.5 Å². The Hall–Kier alpha value is -2.75. The lowest BCUT2D eigenvalue weighted by atomic mass is 10.0. The number of nitrogens with zero attached hydrogens (tertiary/aromatic N) is 2. The van der Waals surface area contributed by atoms with Crippen LogP contribution in [0.5, 0.6) is 5.75 Å². The van der Waals surface area contributed by atoms with E-state index in [-0.39, 0.29) is 0 Å². The number of rotatable bonds is 3. The molecule has 0 radical (unpaired) electrons. The van der Waals surface area contributed by atoms with Crippen molar-refractivity contribution >= 4 is 5.82 Å². The minimum Gasteiger partial charge on any atom is -0.497 e. The van der Waals surface area contributed by atoms with E-state index in [0.29, 0.717) is 0 Å². The van der Waals surface area contributed by atoms with Crippen LogP contribution in [0.3, 0.4) is 0 Å². The molecule has 1 aliphatic heterocycles. The maximum atomic E-state index is 5.42. The monoisotopic (exact) mass is 347 g/mol. The van der Waals surface area contributed by atoms with Crippen molar-refractivity contribution in [2.75, 3.05) is 19.0 Å². The van der Waals surface area contributed by atoms with Gasteiger partial charge in [0.1, 0.15) is 11.6 Å². The number of ether oxygens (including phenoxy) is 1. The first-order valence-electron chi connectivity index (χ1n) is 9.25. The molecule has 0 bridgehead atoms. The number of fused-ring (bicyclic) bond motifs is 1. The first-order valence-corrected chi connectivity index (χ1v) is 9.25. The number of hydrogen-bond acceptors (Lipinski definition) is 3. The molecule has 0 saturated carbocycles. The molecule has 0 fully saturated rings. The Morgan fingerprint density at radius 3 is 2.81 bits per heavy atom. The maximum Gasteiger partial charge on any atom is 0.133 e. The highest BCUT2D eigenvalue weighted by Crippen LogP contribution is 2.35. The van der Waals surface area contributed by atoms with Gasteiger partial charge in [-0.2, -0.15) is 5.10 Å². The van der Waals surface area contributed by atoms with Crippen molar-refractivity contribution < 1.29 is 4.74 Å². The van der Waals surface area contributed by atoms with Gasteiger partial charge in [-0.15, -0.1) is 0 Å². The molecule has 4 nitrogen and oxygen atoms in total. The van der Waals surface area contributed by atoms with Crippen molar-refractivity contribution in [2.45, 2.75) is 33.1 Å². The fourth-order valence-electron chi connectivity index (χ4n) is 3.63. The zero-order chi connectivity index (χ0) is 18.1. The summed E-state index contributed by atoms with van der Waals surface area (Å²) in [6.45, 7) is 5.26. The Morgan fingerprint density at radius 2 is 1.96 bits per heavy atom. The van der Waals surface area contributed by atoms with Gasteiger partial charge in [-0.25, -0.2) is 4.68 Å². The Kier molecular flexibility index (Phi) is 4.41. The molecule has 0 spiro atoms. The second-order valence-electron chi connectivity index (χ2n) is 6.99. The molecule has 3 aromatic rings. The molecule has 0 saturated heterocycles. The van der Waals surface area contributed by atoms with Crippen LogP contribution in [0.25, 0.3) is 16.9 Å². The summed E-state index contributed by atoms with van der Waals surface area (Å²) >= 11 is 0. The number of benzene rings is 2. The Balaban J connectivity index is 1.93. The average Bonchev–Trinajstić information content (AvgIpc) is 2.84. The molecule has 0 amide bonds. The third kappa shape index (κ3) is 2.96. The lowest BCUT2D eigenvalue weighted by Gasteiger charge is -2.12. The van der Waals surface area contributed by atoms with E-state index in [1.54, 1.807) is 7.11 Å². The van der Waals surface area contributed by atoms with E-state index in [9.17, 15) is 0 Å². The van der Waals surface area contributed by atoms with E-state index < -0.39 is 0 Å². The highest BCUT2D eigenvalue weighted by molar-refractivity contribution is 5.72. The van der Waals surface area contributed by atoms with Gasteiger partial charge in [-0.1, -0.05) is 24.3 Å². The average molecular weight is 347 g/mol. The molecule has 26 heavy (non-hydrogen) atoms. The lowest BCUT2D eigenvalue weighted by Crippen LogP contribution is -2.08. The number of aryl methyl sites for hydroxylation is 2. The van der Waals surface area contributed by atoms with Crippen molar-refractivity contribution in [3.05, 3.63) is 59.2 Å². The zero-order valence-electron chi connectivity index (χ0n) is 15.7. The van der Waals surface area contributed by atoms with Crippen LogP contribution in [0.4, 0.5) is 5.82 Å². The molecule has 2 heterocycles. The van der Waals surface area contributed by atoms with Crippen LogP contribution in [-0.4, -0.2) is 23.4 Å². The summed E-state index contributed by atoms with van der Waals surface area (Å²) in [5.41, 5.74) is 7.07. The van der Waals surface area contributed by atoms with Crippen molar-refractivity contribution in [1.29, 1.82) is 0 Å². The number of methoxy groups -OCH3 is 1. The molecular formula is C22H25N3O. The van der Waals surface area contributed by atoms with E-state index in [1.165, 1.54) is 29.5 Å². The predicted octanol–water partition coefficient (Wildman–Crippen LogP) is 4.91. The van der Waals surface area contributed by atoms with Crippen molar-refractivity contribution in [1.82, 2.24) is 9.78 Å². The number of aromatic nitrogens is 2. The van der Waals surface area contributed by atoms with Crippen LogP contribution in [0.1, 0.15) is 29.5 Å². The van der Waals surface area contributed by atoms with Gasteiger partial charge in [-0.05, 0) is 62.4 Å². The third-order valence-corrected chi connectivity index (χ3v) is 5.07. The van der Waals surface area contributed by atoms with Gasteiger partial charge in [0.25, 0.3) is 0 Å². The van der Waals surface area contributed by atoms with Crippen LogP contribution >= 0.6 is 0 Å². The molecule has 134 valence electrons. The maximum absolute atomic E-state index is 5.42. The molecular weight excluding hydrogens is 322 g/mol. The first-order chi connectivity index (χ1) is 12.7. The predicted molar refractivity (Wildman–Crippen MR) is 106 cm³/mol. The van der Waals surface area contributed by atoms with Gasteiger partial charge in [0.2, 0.25) is 0 Å². The number of hydrogen-bond donors (Lipinski definition) is 1. The highest BCUT2D eigenvalue weighted by Gasteiger charge is 2.22. The smallest absolute Gasteiger partial charge is 0.133 e. The molecule has 4 rings (SSSR count). The minimum atomic E-state index is 0.860. The van der Waals surface area contributed by atoms with Gasteiger partial charge in [0.15, 0.2) is 0 Å². The summed E-state index contributed by atoms with van der Waals surface area (Å²) < 4.78 is 7.52. The summed E-state index contributed by atoms with van der Waals surface area (Å²) in [5, 5.41) is 8.68. The molecule has 2 aromatic carbocycles. The molecule has 1 aromatic heterocycles. The Bertz CT molecular complexity index is 943. The van der Waals surface area contributed by atoms with E-state index in [1.807, 2.05) is 12.1 Å². The molecule has 0 aliphatic carbocycles. The summed E-state index contributed by atoms with van der Waals surface area (Å²) in [6.07, 6.45) is 3.40. The second-order valence-corrected chi connectivity index (χ2v) is 6.99. The van der Waals surface area contributed by atoms with E-state index in [0.717, 1.165) is 41.5 Å². The first kappa shape index (κ1) is 16.7. The Morgan fingerprint density at radius 1 is 1.08 bits per heavy atom. The van der Waals surface area contributed by atoms with Crippen LogP contribution in [0.2, 0.25) is 0 Å². The van der Waals surface area contributed by atoms with E-state index in [4.69, 9.17) is 9.84 Å². The normalized spacial score (nSPS) is 13.7. The van der Waals surface area contributed by atoms with Gasteiger partial charge >= 0.3 is 0 Å². The second kappa shape index (κ2) is 6.87.